The smallest absolute Gasteiger partial charge is 0.227 e. The normalized spacial score (nSPS) is 11.1. The topological polar surface area (TPSA) is 80.0 Å². The minimum atomic E-state index is -0.503. The summed E-state index contributed by atoms with van der Waals surface area (Å²) in [4.78, 5) is 15.7. The van der Waals surface area contributed by atoms with Crippen molar-refractivity contribution in [2.24, 2.45) is 5.41 Å². The number of carbonyl (C=O) groups excluding carboxylic acids is 1. The molecule has 0 fully saturated rings. The summed E-state index contributed by atoms with van der Waals surface area (Å²) in [5.41, 5.74) is 5.68. The molecule has 0 bridgehead atoms. The molecule has 1 rings (SSSR count). The van der Waals surface area contributed by atoms with Gasteiger partial charge in [-0.1, -0.05) is 0 Å². The van der Waals surface area contributed by atoms with Crippen LogP contribution in [-0.4, -0.2) is 24.5 Å². The summed E-state index contributed by atoms with van der Waals surface area (Å²) >= 11 is 3.36. The third kappa shape index (κ3) is 3.59. The number of amides is 1. The van der Waals surface area contributed by atoms with Gasteiger partial charge in [0, 0.05) is 13.6 Å². The van der Waals surface area contributed by atoms with E-state index in [1.54, 1.807) is 19.3 Å². The van der Waals surface area contributed by atoms with Gasteiger partial charge in [-0.2, -0.15) is 0 Å². The second-order valence-corrected chi connectivity index (χ2v) is 5.27. The molecule has 5 nitrogen and oxygen atoms in total. The van der Waals surface area contributed by atoms with Crippen LogP contribution in [0.2, 0.25) is 0 Å². The average Bonchev–Trinajstić information content (AvgIpc) is 2.26. The van der Waals surface area contributed by atoms with E-state index in [-0.39, 0.29) is 5.91 Å². The molecule has 0 radical (unpaired) electrons. The van der Waals surface area contributed by atoms with Crippen molar-refractivity contribution in [1.29, 1.82) is 0 Å². The van der Waals surface area contributed by atoms with Crippen LogP contribution in [0, 0.1) is 5.41 Å². The summed E-state index contributed by atoms with van der Waals surface area (Å²) in [6.07, 6.45) is 1.57. The molecule has 0 aliphatic rings. The van der Waals surface area contributed by atoms with Crippen molar-refractivity contribution in [2.45, 2.75) is 13.8 Å². The molecule has 1 amide bonds. The van der Waals surface area contributed by atoms with E-state index in [1.165, 1.54) is 0 Å². The van der Waals surface area contributed by atoms with Gasteiger partial charge >= 0.3 is 0 Å². The summed E-state index contributed by atoms with van der Waals surface area (Å²) in [7, 11) is 1.63. The van der Waals surface area contributed by atoms with Crippen LogP contribution in [0.1, 0.15) is 13.8 Å². The fourth-order valence-corrected chi connectivity index (χ4v) is 1.81. The Balaban J connectivity index is 2.70. The Morgan fingerprint density at radius 3 is 2.76 bits per heavy atom. The summed E-state index contributed by atoms with van der Waals surface area (Å²) < 4.78 is 0.783. The van der Waals surface area contributed by atoms with Crippen LogP contribution in [0.25, 0.3) is 0 Å². The van der Waals surface area contributed by atoms with Crippen molar-refractivity contribution in [2.75, 3.05) is 24.6 Å². The molecule has 0 aliphatic heterocycles. The Labute approximate surface area is 109 Å². The number of rotatable bonds is 4. The summed E-state index contributed by atoms with van der Waals surface area (Å²) in [6.45, 7) is 4.22. The molecule has 1 heterocycles. The van der Waals surface area contributed by atoms with Crippen LogP contribution in [0.15, 0.2) is 16.7 Å². The number of nitrogen functional groups attached to an aromatic ring is 1. The number of carbonyl (C=O) groups is 1. The van der Waals surface area contributed by atoms with Crippen molar-refractivity contribution in [3.05, 3.63) is 16.7 Å². The van der Waals surface area contributed by atoms with Crippen LogP contribution < -0.4 is 16.4 Å². The molecule has 0 saturated heterocycles. The molecule has 0 aromatic carbocycles. The molecular formula is C11H17BrN4O. The maximum absolute atomic E-state index is 11.6. The zero-order valence-electron chi connectivity index (χ0n) is 10.2. The second-order valence-electron chi connectivity index (χ2n) is 4.42. The SMILES string of the molecule is CNC(=O)C(C)(C)CNc1ncc(N)cc1Br. The van der Waals surface area contributed by atoms with Crippen LogP contribution in [-0.2, 0) is 4.79 Å². The van der Waals surface area contributed by atoms with Crippen molar-refractivity contribution >= 4 is 33.3 Å². The number of nitrogens with two attached hydrogens (primary N) is 1. The van der Waals surface area contributed by atoms with Crippen molar-refractivity contribution in [1.82, 2.24) is 10.3 Å². The predicted molar refractivity (Wildman–Crippen MR) is 72.7 cm³/mol. The average molecular weight is 301 g/mol. The standard InChI is InChI=1S/C11H17BrN4O/c1-11(2,10(17)14-3)6-16-9-8(12)4-7(13)5-15-9/h4-5H,6,13H2,1-3H3,(H,14,17)(H,15,16). The third-order valence-electron chi connectivity index (χ3n) is 2.40. The first kappa shape index (κ1) is 13.8. The number of anilines is 2. The molecule has 0 spiro atoms. The van der Waals surface area contributed by atoms with E-state index in [2.05, 4.69) is 31.5 Å². The molecule has 1 aromatic rings. The van der Waals surface area contributed by atoms with Gasteiger partial charge in [-0.05, 0) is 35.8 Å². The predicted octanol–water partition coefficient (Wildman–Crippen LogP) is 1.61. The Morgan fingerprint density at radius 2 is 2.24 bits per heavy atom. The van der Waals surface area contributed by atoms with Crippen molar-refractivity contribution < 1.29 is 4.79 Å². The molecule has 0 aliphatic carbocycles. The number of halogens is 1. The summed E-state index contributed by atoms with van der Waals surface area (Å²) in [6, 6.07) is 1.77. The Kier molecular flexibility index (Phi) is 4.34. The van der Waals surface area contributed by atoms with Gasteiger partial charge in [0.05, 0.1) is 21.8 Å². The number of nitrogens with one attached hydrogen (secondary N) is 2. The Hall–Kier alpha value is -1.30. The molecule has 94 valence electrons. The largest absolute Gasteiger partial charge is 0.397 e. The third-order valence-corrected chi connectivity index (χ3v) is 3.01. The highest BCUT2D eigenvalue weighted by Gasteiger charge is 2.26. The van der Waals surface area contributed by atoms with Gasteiger partial charge < -0.3 is 16.4 Å². The van der Waals surface area contributed by atoms with Crippen molar-refractivity contribution in [3.63, 3.8) is 0 Å². The fraction of sp³-hybridized carbons (Fsp3) is 0.455. The lowest BCUT2D eigenvalue weighted by Crippen LogP contribution is -2.39. The number of nitrogens with zero attached hydrogens (tertiary/aromatic N) is 1. The van der Waals surface area contributed by atoms with E-state index in [0.717, 1.165) is 4.47 Å². The van der Waals surface area contributed by atoms with Crippen LogP contribution in [0.5, 0.6) is 0 Å². The maximum atomic E-state index is 11.6. The van der Waals surface area contributed by atoms with Gasteiger partial charge in [-0.25, -0.2) is 4.98 Å². The minimum absolute atomic E-state index is 0.0171. The fourth-order valence-electron chi connectivity index (χ4n) is 1.31. The molecular weight excluding hydrogens is 284 g/mol. The summed E-state index contributed by atoms with van der Waals surface area (Å²) in [5.74, 6) is 0.660. The molecule has 6 heteroatoms. The van der Waals surface area contributed by atoms with E-state index in [0.29, 0.717) is 18.1 Å². The Morgan fingerprint density at radius 1 is 1.59 bits per heavy atom. The molecule has 17 heavy (non-hydrogen) atoms. The van der Waals surface area contributed by atoms with Gasteiger partial charge in [0.25, 0.3) is 0 Å². The highest BCUT2D eigenvalue weighted by atomic mass is 79.9. The van der Waals surface area contributed by atoms with Gasteiger partial charge in [0.15, 0.2) is 0 Å². The van der Waals surface area contributed by atoms with Crippen LogP contribution in [0.3, 0.4) is 0 Å². The van der Waals surface area contributed by atoms with E-state index in [9.17, 15) is 4.79 Å². The van der Waals surface area contributed by atoms with Gasteiger partial charge in [0.1, 0.15) is 5.82 Å². The number of pyridine rings is 1. The highest BCUT2D eigenvalue weighted by molar-refractivity contribution is 9.10. The lowest BCUT2D eigenvalue weighted by Gasteiger charge is -2.23. The first-order valence-electron chi connectivity index (χ1n) is 5.24. The van der Waals surface area contributed by atoms with Crippen LogP contribution >= 0.6 is 15.9 Å². The van der Waals surface area contributed by atoms with Gasteiger partial charge in [0.2, 0.25) is 5.91 Å². The highest BCUT2D eigenvalue weighted by Crippen LogP contribution is 2.23. The molecule has 0 saturated carbocycles. The second kappa shape index (κ2) is 5.35. The zero-order chi connectivity index (χ0) is 13.1. The quantitative estimate of drug-likeness (QED) is 0.789. The molecule has 1 aromatic heterocycles. The number of hydrogen-bond acceptors (Lipinski definition) is 4. The molecule has 0 atom stereocenters. The number of aromatic nitrogens is 1. The lowest BCUT2D eigenvalue weighted by atomic mass is 9.92. The van der Waals surface area contributed by atoms with E-state index in [4.69, 9.17) is 5.73 Å². The molecule has 0 unspecified atom stereocenters. The molecule has 4 N–H and O–H groups in total. The summed E-state index contributed by atoms with van der Waals surface area (Å²) in [5, 5.41) is 5.76. The van der Waals surface area contributed by atoms with E-state index < -0.39 is 5.41 Å². The number of hydrogen-bond donors (Lipinski definition) is 3. The van der Waals surface area contributed by atoms with Gasteiger partial charge in [-0.15, -0.1) is 0 Å². The van der Waals surface area contributed by atoms with Gasteiger partial charge in [-0.3, -0.25) is 4.79 Å². The van der Waals surface area contributed by atoms with Crippen molar-refractivity contribution in [3.8, 4) is 0 Å². The first-order valence-corrected chi connectivity index (χ1v) is 6.03. The Bertz CT molecular complexity index is 420. The first-order chi connectivity index (χ1) is 7.86. The van der Waals surface area contributed by atoms with E-state index >= 15 is 0 Å². The zero-order valence-corrected chi connectivity index (χ0v) is 11.8. The maximum Gasteiger partial charge on any atom is 0.227 e. The van der Waals surface area contributed by atoms with Crippen LogP contribution in [0.4, 0.5) is 11.5 Å². The van der Waals surface area contributed by atoms with E-state index in [1.807, 2.05) is 13.8 Å². The minimum Gasteiger partial charge on any atom is -0.397 e. The lowest BCUT2D eigenvalue weighted by molar-refractivity contribution is -0.128. The monoisotopic (exact) mass is 300 g/mol.